The van der Waals surface area contributed by atoms with E-state index in [2.05, 4.69) is 15.3 Å². The van der Waals surface area contributed by atoms with Gasteiger partial charge in [0.1, 0.15) is 0 Å². The number of ether oxygens (including phenoxy) is 1. The lowest BCUT2D eigenvalue weighted by Crippen LogP contribution is -1.98. The van der Waals surface area contributed by atoms with Crippen molar-refractivity contribution in [1.82, 2.24) is 14.4 Å². The number of aromatic nitrogens is 3. The van der Waals surface area contributed by atoms with Crippen LogP contribution in [0.15, 0.2) is 67.1 Å². The molecule has 0 radical (unpaired) electrons. The molecule has 0 unspecified atom stereocenters. The van der Waals surface area contributed by atoms with Crippen LogP contribution in [-0.2, 0) is 0 Å². The van der Waals surface area contributed by atoms with Gasteiger partial charge in [-0.05, 0) is 30.3 Å². The minimum absolute atomic E-state index is 0.105. The van der Waals surface area contributed by atoms with Gasteiger partial charge in [-0.25, -0.2) is 9.97 Å². The fraction of sp³-hybridized carbons (Fsp3) is 0.0526. The molecule has 2 aromatic heterocycles. The van der Waals surface area contributed by atoms with Crippen molar-refractivity contribution in [1.29, 1.82) is 0 Å². The number of para-hydroxylation sites is 1. The van der Waals surface area contributed by atoms with Crippen LogP contribution in [0.4, 0.5) is 11.5 Å². The molecule has 0 saturated heterocycles. The summed E-state index contributed by atoms with van der Waals surface area (Å²) < 4.78 is 7.14. The Balaban J connectivity index is 1.79. The largest absolute Gasteiger partial charge is 0.504 e. The maximum atomic E-state index is 9.79. The number of nitrogens with one attached hydrogen (secondary N) is 1. The van der Waals surface area contributed by atoms with E-state index >= 15 is 0 Å². The first-order valence-corrected chi connectivity index (χ1v) is 7.78. The zero-order chi connectivity index (χ0) is 17.2. The topological polar surface area (TPSA) is 71.7 Å². The molecule has 6 nitrogen and oxygen atoms in total. The first kappa shape index (κ1) is 15.0. The maximum Gasteiger partial charge on any atom is 0.180 e. The van der Waals surface area contributed by atoms with Crippen LogP contribution in [0, 0.1) is 0 Å². The van der Waals surface area contributed by atoms with Crippen LogP contribution < -0.4 is 10.1 Å². The van der Waals surface area contributed by atoms with Crippen LogP contribution in [0.5, 0.6) is 11.5 Å². The number of phenols is 1. The van der Waals surface area contributed by atoms with Crippen LogP contribution >= 0.6 is 0 Å². The molecule has 4 rings (SSSR count). The molecular weight excluding hydrogens is 316 g/mol. The van der Waals surface area contributed by atoms with Gasteiger partial charge in [-0.1, -0.05) is 18.2 Å². The Morgan fingerprint density at radius 1 is 1.08 bits per heavy atom. The number of imidazole rings is 1. The Bertz CT molecular complexity index is 1030. The Kier molecular flexibility index (Phi) is 3.70. The average Bonchev–Trinajstić information content (AvgIpc) is 3.08. The Morgan fingerprint density at radius 2 is 1.92 bits per heavy atom. The van der Waals surface area contributed by atoms with E-state index in [1.165, 1.54) is 7.11 Å². The average molecular weight is 332 g/mol. The second-order valence-corrected chi connectivity index (χ2v) is 5.49. The third-order valence-corrected chi connectivity index (χ3v) is 3.94. The lowest BCUT2D eigenvalue weighted by Gasteiger charge is -2.09. The van der Waals surface area contributed by atoms with Gasteiger partial charge >= 0.3 is 0 Å². The molecule has 0 fully saturated rings. The highest BCUT2D eigenvalue weighted by atomic mass is 16.5. The van der Waals surface area contributed by atoms with Crippen LogP contribution in [0.2, 0.25) is 0 Å². The van der Waals surface area contributed by atoms with Crippen molar-refractivity contribution in [2.45, 2.75) is 0 Å². The van der Waals surface area contributed by atoms with E-state index in [1.807, 2.05) is 47.0 Å². The van der Waals surface area contributed by atoms with E-state index in [0.717, 1.165) is 16.9 Å². The summed E-state index contributed by atoms with van der Waals surface area (Å²) in [4.78, 5) is 8.90. The molecule has 124 valence electrons. The monoisotopic (exact) mass is 332 g/mol. The summed E-state index contributed by atoms with van der Waals surface area (Å²) in [6.07, 6.45) is 5.35. The number of methoxy groups -OCH3 is 1. The number of aromatic hydroxyl groups is 1. The molecule has 0 amide bonds. The van der Waals surface area contributed by atoms with Crippen LogP contribution in [-0.4, -0.2) is 26.6 Å². The zero-order valence-electron chi connectivity index (χ0n) is 13.5. The van der Waals surface area contributed by atoms with Crippen molar-refractivity contribution in [3.8, 4) is 22.8 Å². The highest BCUT2D eigenvalue weighted by Crippen LogP contribution is 2.32. The van der Waals surface area contributed by atoms with E-state index in [0.29, 0.717) is 17.2 Å². The summed E-state index contributed by atoms with van der Waals surface area (Å²) in [6, 6.07) is 15.0. The number of phenolic OH excluding ortho intramolecular Hbond substituents is 1. The number of hydrogen-bond donors (Lipinski definition) is 2. The van der Waals surface area contributed by atoms with E-state index in [9.17, 15) is 5.11 Å². The van der Waals surface area contributed by atoms with Crippen LogP contribution in [0.3, 0.4) is 0 Å². The molecule has 2 heterocycles. The predicted molar refractivity (Wildman–Crippen MR) is 96.4 cm³/mol. The van der Waals surface area contributed by atoms with Crippen molar-refractivity contribution in [3.63, 3.8) is 0 Å². The lowest BCUT2D eigenvalue weighted by molar-refractivity contribution is 0.373. The second-order valence-electron chi connectivity index (χ2n) is 5.49. The standard InChI is InChI=1S/C19H16N4O2/c1-25-17-11-13(7-8-16(17)24)15-12-21-19-18(20-9-10-23(15)19)22-14-5-3-2-4-6-14/h2-12,24H,1H3,(H,20,22). The van der Waals surface area contributed by atoms with Gasteiger partial charge in [-0.15, -0.1) is 0 Å². The van der Waals surface area contributed by atoms with E-state index in [4.69, 9.17) is 4.74 Å². The summed E-state index contributed by atoms with van der Waals surface area (Å²) in [5, 5.41) is 13.1. The van der Waals surface area contributed by atoms with Crippen molar-refractivity contribution in [3.05, 3.63) is 67.1 Å². The first-order chi connectivity index (χ1) is 12.3. The van der Waals surface area contributed by atoms with E-state index < -0.39 is 0 Å². The van der Waals surface area contributed by atoms with Crippen LogP contribution in [0.25, 0.3) is 16.9 Å². The number of anilines is 2. The molecule has 0 saturated carbocycles. The molecule has 0 spiro atoms. The molecule has 0 aliphatic carbocycles. The van der Waals surface area contributed by atoms with Gasteiger partial charge in [0, 0.05) is 23.6 Å². The lowest BCUT2D eigenvalue weighted by atomic mass is 10.1. The third-order valence-electron chi connectivity index (χ3n) is 3.94. The van der Waals surface area contributed by atoms with Gasteiger partial charge in [0.25, 0.3) is 0 Å². The quantitative estimate of drug-likeness (QED) is 0.594. The van der Waals surface area contributed by atoms with Crippen molar-refractivity contribution < 1.29 is 9.84 Å². The predicted octanol–water partition coefficient (Wildman–Crippen LogP) is 3.85. The molecule has 0 bridgehead atoms. The number of benzene rings is 2. The van der Waals surface area contributed by atoms with Crippen molar-refractivity contribution >= 4 is 17.2 Å². The van der Waals surface area contributed by atoms with Crippen molar-refractivity contribution in [2.75, 3.05) is 12.4 Å². The summed E-state index contributed by atoms with van der Waals surface area (Å²) in [5.74, 6) is 1.20. The number of hydrogen-bond acceptors (Lipinski definition) is 5. The van der Waals surface area contributed by atoms with Crippen LogP contribution in [0.1, 0.15) is 0 Å². The molecule has 6 heteroatoms. The summed E-state index contributed by atoms with van der Waals surface area (Å²) in [5.41, 5.74) is 3.43. The van der Waals surface area contributed by atoms with Gasteiger partial charge < -0.3 is 15.2 Å². The SMILES string of the molecule is COc1cc(-c2cnc3c(Nc4ccccc4)nccn23)ccc1O. The molecule has 2 N–H and O–H groups in total. The second kappa shape index (κ2) is 6.16. The normalized spacial score (nSPS) is 10.8. The Morgan fingerprint density at radius 3 is 2.72 bits per heavy atom. The van der Waals surface area contributed by atoms with Gasteiger partial charge in [0.2, 0.25) is 0 Å². The van der Waals surface area contributed by atoms with Gasteiger partial charge in [-0.3, -0.25) is 4.40 Å². The van der Waals surface area contributed by atoms with Gasteiger partial charge in [0.15, 0.2) is 23.0 Å². The van der Waals surface area contributed by atoms with Gasteiger partial charge in [-0.2, -0.15) is 0 Å². The maximum absolute atomic E-state index is 9.79. The Labute approximate surface area is 144 Å². The van der Waals surface area contributed by atoms with Gasteiger partial charge in [0.05, 0.1) is 19.0 Å². The minimum Gasteiger partial charge on any atom is -0.504 e. The fourth-order valence-electron chi connectivity index (χ4n) is 2.72. The number of fused-ring (bicyclic) bond motifs is 1. The Hall–Kier alpha value is -3.54. The number of rotatable bonds is 4. The molecule has 4 aromatic rings. The van der Waals surface area contributed by atoms with E-state index in [1.54, 1.807) is 24.5 Å². The van der Waals surface area contributed by atoms with E-state index in [-0.39, 0.29) is 5.75 Å². The zero-order valence-corrected chi connectivity index (χ0v) is 13.5. The summed E-state index contributed by atoms with van der Waals surface area (Å²) in [7, 11) is 1.53. The molecule has 25 heavy (non-hydrogen) atoms. The first-order valence-electron chi connectivity index (χ1n) is 7.78. The molecule has 0 aliphatic rings. The summed E-state index contributed by atoms with van der Waals surface area (Å²) in [6.45, 7) is 0. The molecule has 0 aliphatic heterocycles. The summed E-state index contributed by atoms with van der Waals surface area (Å²) >= 11 is 0. The fourth-order valence-corrected chi connectivity index (χ4v) is 2.72. The highest BCUT2D eigenvalue weighted by Gasteiger charge is 2.12. The number of nitrogens with zero attached hydrogens (tertiary/aromatic N) is 3. The third kappa shape index (κ3) is 2.74. The molecule has 2 aromatic carbocycles. The molecule has 0 atom stereocenters. The minimum atomic E-state index is 0.105. The van der Waals surface area contributed by atoms with Crippen molar-refractivity contribution in [2.24, 2.45) is 0 Å². The smallest absolute Gasteiger partial charge is 0.180 e. The highest BCUT2D eigenvalue weighted by molar-refractivity contribution is 5.74. The molecular formula is C19H16N4O2.